The molecule has 0 aliphatic heterocycles. The van der Waals surface area contributed by atoms with Gasteiger partial charge in [0.05, 0.1) is 0 Å². The first-order valence-electron chi connectivity index (χ1n) is 9.13. The van der Waals surface area contributed by atoms with Crippen molar-refractivity contribution in [2.24, 2.45) is 0 Å². The number of nitrogens with two attached hydrogens (primary N) is 1. The van der Waals surface area contributed by atoms with E-state index in [2.05, 4.69) is 59.2 Å². The van der Waals surface area contributed by atoms with Gasteiger partial charge in [-0.1, -0.05) is 51.1 Å². The van der Waals surface area contributed by atoms with Gasteiger partial charge >= 0.3 is 0 Å². The zero-order valence-electron chi connectivity index (χ0n) is 15.9. The van der Waals surface area contributed by atoms with Gasteiger partial charge in [0, 0.05) is 5.69 Å². The van der Waals surface area contributed by atoms with Crippen LogP contribution in [-0.4, -0.2) is 15.0 Å². The van der Waals surface area contributed by atoms with Gasteiger partial charge in [-0.25, -0.2) is 0 Å². The summed E-state index contributed by atoms with van der Waals surface area (Å²) in [5.74, 6) is 2.31. The summed E-state index contributed by atoms with van der Waals surface area (Å²) in [4.78, 5) is 12.8. The Morgan fingerprint density at radius 2 is 1.74 bits per heavy atom. The number of benzene rings is 2. The number of anilines is 3. The molecule has 0 saturated heterocycles. The van der Waals surface area contributed by atoms with E-state index < -0.39 is 0 Å². The minimum Gasteiger partial charge on any atom is -0.486 e. The number of aryl methyl sites for hydroxylation is 1. The molecule has 3 aromatic rings. The highest BCUT2D eigenvalue weighted by Gasteiger charge is 2.08. The fraction of sp³-hybridized carbons (Fsp3) is 0.286. The largest absolute Gasteiger partial charge is 0.486 e. The standard InChI is InChI=1S/C21H25N5O/c1-4-15-7-5-6-8-18(15)23-21-25-19(24-20(22)26-21)13-27-17-11-9-16(10-12-17)14(2)3/h5-12,14H,4,13H2,1-3H3,(H3,22,23,24,25,26). The highest BCUT2D eigenvalue weighted by molar-refractivity contribution is 5.58. The summed E-state index contributed by atoms with van der Waals surface area (Å²) < 4.78 is 5.80. The van der Waals surface area contributed by atoms with Gasteiger partial charge in [-0.2, -0.15) is 15.0 Å². The quantitative estimate of drug-likeness (QED) is 0.644. The number of hydrogen-bond acceptors (Lipinski definition) is 6. The summed E-state index contributed by atoms with van der Waals surface area (Å²) in [5, 5.41) is 3.22. The summed E-state index contributed by atoms with van der Waals surface area (Å²) in [6, 6.07) is 16.1. The minimum atomic E-state index is 0.162. The molecule has 0 aliphatic rings. The third kappa shape index (κ3) is 4.94. The molecule has 0 spiro atoms. The summed E-state index contributed by atoms with van der Waals surface area (Å²) in [6.07, 6.45) is 0.909. The van der Waals surface area contributed by atoms with Crippen LogP contribution in [0.25, 0.3) is 0 Å². The Kier molecular flexibility index (Phi) is 5.86. The number of nitrogens with one attached hydrogen (secondary N) is 1. The molecule has 6 nitrogen and oxygen atoms in total. The van der Waals surface area contributed by atoms with Crippen LogP contribution in [0.1, 0.15) is 43.6 Å². The lowest BCUT2D eigenvalue weighted by Crippen LogP contribution is -2.10. The summed E-state index contributed by atoms with van der Waals surface area (Å²) in [5.41, 5.74) is 9.26. The third-order valence-corrected chi connectivity index (χ3v) is 4.26. The SMILES string of the molecule is CCc1ccccc1Nc1nc(N)nc(COc2ccc(C(C)C)cc2)n1. The van der Waals surface area contributed by atoms with E-state index in [-0.39, 0.29) is 12.6 Å². The molecule has 0 atom stereocenters. The van der Waals surface area contributed by atoms with Crippen LogP contribution >= 0.6 is 0 Å². The molecule has 0 saturated carbocycles. The van der Waals surface area contributed by atoms with Crippen LogP contribution in [0.2, 0.25) is 0 Å². The fourth-order valence-electron chi connectivity index (χ4n) is 2.73. The van der Waals surface area contributed by atoms with Crippen LogP contribution in [0.5, 0.6) is 5.75 Å². The van der Waals surface area contributed by atoms with Gasteiger partial charge in [0.2, 0.25) is 11.9 Å². The first kappa shape index (κ1) is 18.6. The molecule has 0 amide bonds. The Hall–Kier alpha value is -3.15. The van der Waals surface area contributed by atoms with Crippen LogP contribution in [-0.2, 0) is 13.0 Å². The molecule has 3 N–H and O–H groups in total. The van der Waals surface area contributed by atoms with Crippen molar-refractivity contribution < 1.29 is 4.74 Å². The zero-order valence-corrected chi connectivity index (χ0v) is 15.9. The summed E-state index contributed by atoms with van der Waals surface area (Å²) >= 11 is 0. The van der Waals surface area contributed by atoms with Crippen molar-refractivity contribution in [3.63, 3.8) is 0 Å². The van der Waals surface area contributed by atoms with Crippen LogP contribution in [0, 0.1) is 0 Å². The molecule has 1 heterocycles. The second kappa shape index (κ2) is 8.49. The van der Waals surface area contributed by atoms with E-state index in [4.69, 9.17) is 10.5 Å². The molecule has 3 rings (SSSR count). The molecule has 140 valence electrons. The Labute approximate surface area is 159 Å². The number of aromatic nitrogens is 3. The van der Waals surface area contributed by atoms with Crippen molar-refractivity contribution >= 4 is 17.6 Å². The predicted octanol–water partition coefficient (Wildman–Crippen LogP) is 4.46. The van der Waals surface area contributed by atoms with Gasteiger partial charge in [-0.3, -0.25) is 0 Å². The smallest absolute Gasteiger partial charge is 0.232 e. The number of rotatable bonds is 7. The van der Waals surface area contributed by atoms with Crippen molar-refractivity contribution in [3.8, 4) is 5.75 Å². The van der Waals surface area contributed by atoms with E-state index in [9.17, 15) is 0 Å². The fourth-order valence-corrected chi connectivity index (χ4v) is 2.73. The molecule has 1 aromatic heterocycles. The monoisotopic (exact) mass is 363 g/mol. The number of ether oxygens (including phenoxy) is 1. The van der Waals surface area contributed by atoms with Crippen molar-refractivity contribution in [3.05, 3.63) is 65.5 Å². The van der Waals surface area contributed by atoms with Gasteiger partial charge in [0.1, 0.15) is 12.4 Å². The highest BCUT2D eigenvalue weighted by Crippen LogP contribution is 2.21. The van der Waals surface area contributed by atoms with Crippen LogP contribution < -0.4 is 15.8 Å². The van der Waals surface area contributed by atoms with E-state index >= 15 is 0 Å². The van der Waals surface area contributed by atoms with Gasteiger partial charge in [0.25, 0.3) is 0 Å². The van der Waals surface area contributed by atoms with E-state index in [1.165, 1.54) is 11.1 Å². The maximum atomic E-state index is 5.85. The van der Waals surface area contributed by atoms with Gasteiger partial charge in [-0.15, -0.1) is 0 Å². The number of hydrogen-bond donors (Lipinski definition) is 2. The first-order chi connectivity index (χ1) is 13.0. The predicted molar refractivity (Wildman–Crippen MR) is 108 cm³/mol. The van der Waals surface area contributed by atoms with E-state index in [0.29, 0.717) is 17.7 Å². The van der Waals surface area contributed by atoms with Crippen LogP contribution in [0.3, 0.4) is 0 Å². The van der Waals surface area contributed by atoms with E-state index in [1.54, 1.807) is 0 Å². The van der Waals surface area contributed by atoms with Crippen molar-refractivity contribution in [2.45, 2.75) is 39.7 Å². The second-order valence-electron chi connectivity index (χ2n) is 6.58. The second-order valence-corrected chi connectivity index (χ2v) is 6.58. The molecule has 0 unspecified atom stereocenters. The van der Waals surface area contributed by atoms with Crippen molar-refractivity contribution in [2.75, 3.05) is 11.1 Å². The Bertz CT molecular complexity index is 893. The van der Waals surface area contributed by atoms with Gasteiger partial charge in [0.15, 0.2) is 5.82 Å². The van der Waals surface area contributed by atoms with Crippen LogP contribution in [0.15, 0.2) is 48.5 Å². The Morgan fingerprint density at radius 1 is 1.00 bits per heavy atom. The lowest BCUT2D eigenvalue weighted by atomic mass is 10.0. The summed E-state index contributed by atoms with van der Waals surface area (Å²) in [6.45, 7) is 6.65. The van der Waals surface area contributed by atoms with E-state index in [1.807, 2.05) is 30.3 Å². The molecule has 0 bridgehead atoms. The average molecular weight is 363 g/mol. The molecule has 6 heteroatoms. The van der Waals surface area contributed by atoms with Gasteiger partial charge in [-0.05, 0) is 41.7 Å². The number of para-hydroxylation sites is 1. The number of nitrogen functional groups attached to an aromatic ring is 1. The van der Waals surface area contributed by atoms with Gasteiger partial charge < -0.3 is 15.8 Å². The maximum Gasteiger partial charge on any atom is 0.232 e. The van der Waals surface area contributed by atoms with Crippen molar-refractivity contribution in [1.29, 1.82) is 0 Å². The Morgan fingerprint density at radius 3 is 2.44 bits per heavy atom. The topological polar surface area (TPSA) is 86.0 Å². The zero-order chi connectivity index (χ0) is 19.2. The average Bonchev–Trinajstić information content (AvgIpc) is 2.67. The van der Waals surface area contributed by atoms with Crippen LogP contribution in [0.4, 0.5) is 17.6 Å². The summed E-state index contributed by atoms with van der Waals surface area (Å²) in [7, 11) is 0. The van der Waals surface area contributed by atoms with E-state index in [0.717, 1.165) is 17.9 Å². The lowest BCUT2D eigenvalue weighted by Gasteiger charge is -2.11. The molecular weight excluding hydrogens is 338 g/mol. The molecule has 0 aliphatic carbocycles. The first-order valence-corrected chi connectivity index (χ1v) is 9.13. The van der Waals surface area contributed by atoms with Crippen molar-refractivity contribution in [1.82, 2.24) is 15.0 Å². The molecule has 2 aromatic carbocycles. The third-order valence-electron chi connectivity index (χ3n) is 4.26. The molecule has 0 radical (unpaired) electrons. The maximum absolute atomic E-state index is 5.85. The Balaban J connectivity index is 1.71. The normalized spacial score (nSPS) is 10.8. The minimum absolute atomic E-state index is 0.162. The number of nitrogens with zero attached hydrogens (tertiary/aromatic N) is 3. The molecular formula is C21H25N5O. The molecule has 0 fully saturated rings. The molecule has 27 heavy (non-hydrogen) atoms. The highest BCUT2D eigenvalue weighted by atomic mass is 16.5. The lowest BCUT2D eigenvalue weighted by molar-refractivity contribution is 0.295.